The number of rotatable bonds is 15. The molecule has 0 spiro atoms. The van der Waals surface area contributed by atoms with Gasteiger partial charge >= 0.3 is 12.1 Å². The maximum Gasteiger partial charge on any atom is 0.518 e. The quantitative estimate of drug-likeness (QED) is 0.223. The van der Waals surface area contributed by atoms with E-state index in [-0.39, 0.29) is 31.1 Å². The molecule has 0 aliphatic carbocycles. The molecule has 0 aliphatic heterocycles. The minimum Gasteiger partial charge on any atom is -0.565 e. The summed E-state index contributed by atoms with van der Waals surface area (Å²) >= 11 is 1.32. The van der Waals surface area contributed by atoms with E-state index in [9.17, 15) is 27.9 Å². The molecule has 0 radical (unpaired) electrons. The Bertz CT molecular complexity index is 994. The minimum atomic E-state index is -4.45. The zero-order valence-electron chi connectivity index (χ0n) is 22.1. The number of carbonyl (C=O) groups is 2. The summed E-state index contributed by atoms with van der Waals surface area (Å²) < 4.78 is 40.5. The van der Waals surface area contributed by atoms with Gasteiger partial charge in [-0.15, -0.1) is 11.3 Å². The normalized spacial score (nSPS) is 16.2. The second kappa shape index (κ2) is 14.6. The van der Waals surface area contributed by atoms with Crippen LogP contribution < -0.4 is 0 Å². The molecule has 37 heavy (non-hydrogen) atoms. The summed E-state index contributed by atoms with van der Waals surface area (Å²) in [5.74, 6) is -1.87. The molecule has 4 N–H and O–H groups in total. The Morgan fingerprint density at radius 2 is 1.89 bits per heavy atom. The Balaban J connectivity index is 2.71. The third kappa shape index (κ3) is 11.3. The molecular weight excluding hydrogens is 507 g/mol. The summed E-state index contributed by atoms with van der Waals surface area (Å²) in [5.41, 5.74) is -0.276. The Kier molecular flexibility index (Phi) is 12.9. The number of aliphatic hydroxyl groups is 2. The zero-order chi connectivity index (χ0) is 28.4. The van der Waals surface area contributed by atoms with Crippen molar-refractivity contribution in [3.63, 3.8) is 0 Å². The van der Waals surface area contributed by atoms with Gasteiger partial charge in [0.25, 0.3) is 0 Å². The summed E-state index contributed by atoms with van der Waals surface area (Å²) in [6, 6.07) is 0. The lowest BCUT2D eigenvalue weighted by Gasteiger charge is -2.30. The van der Waals surface area contributed by atoms with Crippen molar-refractivity contribution in [1.82, 2.24) is 4.98 Å². The van der Waals surface area contributed by atoms with Crippen LogP contribution in [0.5, 0.6) is 0 Å². The van der Waals surface area contributed by atoms with E-state index < -0.39 is 41.6 Å². The van der Waals surface area contributed by atoms with Crippen LogP contribution in [0.4, 0.5) is 13.2 Å². The van der Waals surface area contributed by atoms with Gasteiger partial charge in [-0.2, -0.15) is 13.2 Å². The van der Waals surface area contributed by atoms with Crippen molar-refractivity contribution in [2.45, 2.75) is 85.6 Å². The Labute approximate surface area is 220 Å². The number of halogens is 3. The Hall–Kier alpha value is -2.30. The number of thiazole rings is 1. The standard InChI is InChI=1S/C27H38F3NO5S/c1-17(12-19(3)25(36)26(4,5)22(33)14-24(34)35)8-6-10-20(27(28,29)30)11-7-9-18(2)13-21-16-37-23(15-32)31-21/h6,8,11,13,16-17,19,22,32-33H,7,9-10,12,14-15H2,1-5H3,(H,34,35)/p+1/b8-6+,18-13+,20-11+/t17-,19+,22-/m0/s1. The molecule has 0 amide bonds. The third-order valence-corrected chi connectivity index (χ3v) is 7.07. The molecule has 10 heteroatoms. The van der Waals surface area contributed by atoms with Crippen molar-refractivity contribution in [2.24, 2.45) is 17.3 Å². The van der Waals surface area contributed by atoms with Gasteiger partial charge in [0, 0.05) is 21.7 Å². The summed E-state index contributed by atoms with van der Waals surface area (Å²) in [7, 11) is 0. The van der Waals surface area contributed by atoms with Gasteiger partial charge in [-0.3, -0.25) is 4.79 Å². The fourth-order valence-electron chi connectivity index (χ4n) is 3.98. The van der Waals surface area contributed by atoms with Gasteiger partial charge in [0.2, 0.25) is 0 Å². The average Bonchev–Trinajstić information content (AvgIpc) is 3.23. The molecule has 1 rings (SSSR count). The van der Waals surface area contributed by atoms with Crippen LogP contribution in [0, 0.1) is 17.3 Å². The molecule has 0 aliphatic rings. The molecular formula is C27H39F3NO5S+. The lowest BCUT2D eigenvalue weighted by atomic mass is 9.74. The number of aliphatic hydroxyl groups excluding tert-OH is 2. The van der Waals surface area contributed by atoms with Crippen LogP contribution in [-0.2, 0) is 16.2 Å². The van der Waals surface area contributed by atoms with Crippen LogP contribution in [0.2, 0.25) is 0 Å². The number of aromatic nitrogens is 1. The van der Waals surface area contributed by atoms with E-state index in [0.29, 0.717) is 23.5 Å². The highest BCUT2D eigenvalue weighted by Gasteiger charge is 2.40. The first-order valence-electron chi connectivity index (χ1n) is 12.2. The molecule has 208 valence electrons. The zero-order valence-corrected chi connectivity index (χ0v) is 22.9. The minimum absolute atomic E-state index is 0.146. The summed E-state index contributed by atoms with van der Waals surface area (Å²) in [6.07, 6.45) is 0.747. The monoisotopic (exact) mass is 546 g/mol. The molecule has 3 atom stereocenters. The van der Waals surface area contributed by atoms with E-state index >= 15 is 0 Å². The maximum atomic E-state index is 13.5. The van der Waals surface area contributed by atoms with Crippen LogP contribution in [0.15, 0.2) is 34.8 Å². The summed E-state index contributed by atoms with van der Waals surface area (Å²) in [5, 5.41) is 28.6. The number of hydrogen-bond acceptors (Lipinski definition) is 6. The molecule has 0 fully saturated rings. The molecule has 0 bridgehead atoms. The highest BCUT2D eigenvalue weighted by molar-refractivity contribution is 7.09. The fourth-order valence-corrected chi connectivity index (χ4v) is 4.59. The predicted octanol–water partition coefficient (Wildman–Crippen LogP) is 5.51. The second-order valence-corrected chi connectivity index (χ2v) is 11.0. The van der Waals surface area contributed by atoms with Crippen molar-refractivity contribution in [3.8, 4) is 0 Å². The van der Waals surface area contributed by atoms with Gasteiger partial charge in [-0.1, -0.05) is 51.5 Å². The largest absolute Gasteiger partial charge is 0.565 e. The van der Waals surface area contributed by atoms with E-state index in [0.717, 1.165) is 5.57 Å². The van der Waals surface area contributed by atoms with E-state index in [4.69, 9.17) is 10.2 Å². The predicted molar refractivity (Wildman–Crippen MR) is 140 cm³/mol. The van der Waals surface area contributed by atoms with Crippen molar-refractivity contribution < 1.29 is 38.1 Å². The fraction of sp³-hybridized carbons (Fsp3) is 0.593. The molecule has 1 heterocycles. The molecule has 0 saturated carbocycles. The number of alkyl halides is 3. The molecule has 0 saturated heterocycles. The second-order valence-electron chi connectivity index (χ2n) is 10.1. The number of carbonyl (C=O) groups excluding carboxylic acids is 2. The third-order valence-electron chi connectivity index (χ3n) is 6.21. The van der Waals surface area contributed by atoms with E-state index in [1.54, 1.807) is 24.5 Å². The van der Waals surface area contributed by atoms with Gasteiger partial charge < -0.3 is 15.3 Å². The Morgan fingerprint density at radius 3 is 2.43 bits per heavy atom. The number of ketones is 1. The molecule has 0 aromatic carbocycles. The number of Topliss-reactive ketones (excluding diaryl/α,β-unsaturated/α-hetero) is 1. The van der Waals surface area contributed by atoms with E-state index in [1.165, 1.54) is 37.3 Å². The van der Waals surface area contributed by atoms with Crippen LogP contribution in [0.1, 0.15) is 77.4 Å². The lowest BCUT2D eigenvalue weighted by Crippen LogP contribution is -2.41. The number of hydrogen-bond donors (Lipinski definition) is 2. The number of nitrogens with zero attached hydrogens (tertiary/aromatic N) is 1. The summed E-state index contributed by atoms with van der Waals surface area (Å²) in [4.78, 5) is 28.0. The van der Waals surface area contributed by atoms with Crippen molar-refractivity contribution in [3.05, 3.63) is 45.5 Å². The lowest BCUT2D eigenvalue weighted by molar-refractivity contribution is -0.145. The molecule has 0 unspecified atom stereocenters. The van der Waals surface area contributed by atoms with Gasteiger partial charge in [-0.05, 0) is 44.6 Å². The highest BCUT2D eigenvalue weighted by Crippen LogP contribution is 2.32. The molecule has 1 aromatic rings. The van der Waals surface area contributed by atoms with Gasteiger partial charge in [-0.25, -0.2) is 4.98 Å². The van der Waals surface area contributed by atoms with Crippen molar-refractivity contribution >= 4 is 29.2 Å². The Morgan fingerprint density at radius 1 is 1.24 bits per heavy atom. The number of allylic oxidation sites excluding steroid dienone is 5. The van der Waals surface area contributed by atoms with Crippen LogP contribution in [-0.4, -0.2) is 44.3 Å². The first kappa shape index (κ1) is 32.7. The van der Waals surface area contributed by atoms with Crippen LogP contribution in [0.3, 0.4) is 0 Å². The van der Waals surface area contributed by atoms with Gasteiger partial charge in [0.1, 0.15) is 17.2 Å². The van der Waals surface area contributed by atoms with Crippen molar-refractivity contribution in [2.75, 3.05) is 0 Å². The first-order valence-corrected chi connectivity index (χ1v) is 13.1. The highest BCUT2D eigenvalue weighted by atomic mass is 32.1. The van der Waals surface area contributed by atoms with Crippen LogP contribution >= 0.6 is 11.3 Å². The van der Waals surface area contributed by atoms with Crippen molar-refractivity contribution in [1.29, 1.82) is 0 Å². The smallest absolute Gasteiger partial charge is 0.518 e. The molecule has 1 aromatic heterocycles. The van der Waals surface area contributed by atoms with E-state index in [2.05, 4.69) is 4.98 Å². The summed E-state index contributed by atoms with van der Waals surface area (Å²) in [6.45, 7) is 8.24. The maximum absolute atomic E-state index is 13.5. The SMILES string of the molecule is C/C(=C\c1csc(CO)n1)CC/C=C(\C/C=C/[C@H](C)C[C@@H](C)C(=O)C(C)(C)[C@@H](O)CC(=O)[OH2+])C(F)(F)F. The van der Waals surface area contributed by atoms with Gasteiger partial charge in [0.15, 0.2) is 0 Å². The van der Waals surface area contributed by atoms with Crippen LogP contribution in [0.25, 0.3) is 6.08 Å². The first-order chi connectivity index (χ1) is 17.1. The van der Waals surface area contributed by atoms with Gasteiger partial charge in [0.05, 0.1) is 23.8 Å². The molecule has 6 nitrogen and oxygen atoms in total. The van der Waals surface area contributed by atoms with E-state index in [1.807, 2.05) is 13.8 Å². The topological polar surface area (TPSA) is 110 Å². The average molecular weight is 547 g/mol.